The summed E-state index contributed by atoms with van der Waals surface area (Å²) in [6.45, 7) is 12.7. The normalized spacial score (nSPS) is 23.3. The number of nitrogens with zero attached hydrogens (tertiary/aromatic N) is 3. The Balaban J connectivity index is 1.73. The Bertz CT molecular complexity index is 322. The van der Waals surface area contributed by atoms with E-state index in [-0.39, 0.29) is 6.04 Å². The first-order valence-corrected chi connectivity index (χ1v) is 9.05. The quantitative estimate of drug-likeness (QED) is 0.695. The minimum atomic E-state index is 0.0344. The van der Waals surface area contributed by atoms with Gasteiger partial charge in [-0.05, 0) is 26.7 Å². The third kappa shape index (κ3) is 5.21. The molecule has 0 saturated carbocycles. The molecule has 0 aliphatic carbocycles. The molecule has 0 radical (unpaired) electrons. The van der Waals surface area contributed by atoms with Gasteiger partial charge in [0.1, 0.15) is 0 Å². The fourth-order valence-corrected chi connectivity index (χ4v) is 3.42. The monoisotopic (exact) mass is 311 g/mol. The van der Waals surface area contributed by atoms with Crippen LogP contribution in [0.25, 0.3) is 0 Å². The molecule has 0 N–H and O–H groups in total. The van der Waals surface area contributed by atoms with Gasteiger partial charge < -0.3 is 9.64 Å². The van der Waals surface area contributed by atoms with Gasteiger partial charge in [0.25, 0.3) is 0 Å². The van der Waals surface area contributed by atoms with E-state index in [1.54, 1.807) is 0 Å². The van der Waals surface area contributed by atoms with E-state index in [1.165, 1.54) is 25.7 Å². The maximum atomic E-state index is 12.7. The van der Waals surface area contributed by atoms with E-state index in [1.807, 2.05) is 6.92 Å². The highest BCUT2D eigenvalue weighted by Crippen LogP contribution is 2.14. The minimum absolute atomic E-state index is 0.0344. The highest BCUT2D eigenvalue weighted by atomic mass is 16.5. The number of piperazine rings is 1. The van der Waals surface area contributed by atoms with E-state index in [9.17, 15) is 4.79 Å². The summed E-state index contributed by atoms with van der Waals surface area (Å²) < 4.78 is 5.42. The van der Waals surface area contributed by atoms with Crippen molar-refractivity contribution in [2.75, 3.05) is 59.0 Å². The predicted molar refractivity (Wildman–Crippen MR) is 89.0 cm³/mol. The molecular formula is C17H33N3O2. The SMILES string of the molecule is CCOCCN1CCN(C(C)C(=O)N2CCCCCC2)CC1. The molecule has 2 heterocycles. The van der Waals surface area contributed by atoms with Gasteiger partial charge >= 0.3 is 0 Å². The molecular weight excluding hydrogens is 278 g/mol. The molecule has 1 unspecified atom stereocenters. The second kappa shape index (κ2) is 9.48. The van der Waals surface area contributed by atoms with Crippen molar-refractivity contribution in [3.63, 3.8) is 0 Å². The van der Waals surface area contributed by atoms with Crippen molar-refractivity contribution in [1.29, 1.82) is 0 Å². The van der Waals surface area contributed by atoms with E-state index >= 15 is 0 Å². The molecule has 0 aromatic carbocycles. The summed E-state index contributed by atoms with van der Waals surface area (Å²) in [4.78, 5) is 19.6. The summed E-state index contributed by atoms with van der Waals surface area (Å²) >= 11 is 0. The third-order valence-corrected chi connectivity index (χ3v) is 4.99. The highest BCUT2D eigenvalue weighted by Gasteiger charge is 2.28. The number of carbonyl (C=O) groups excluding carboxylic acids is 1. The molecule has 128 valence electrons. The van der Waals surface area contributed by atoms with Gasteiger partial charge in [-0.15, -0.1) is 0 Å². The second-order valence-electron chi connectivity index (χ2n) is 6.49. The molecule has 5 heteroatoms. The standard InChI is InChI=1S/C17H33N3O2/c1-3-22-15-14-18-10-12-19(13-11-18)16(2)17(21)20-8-6-4-5-7-9-20/h16H,3-15H2,1-2H3. The molecule has 5 nitrogen and oxygen atoms in total. The van der Waals surface area contributed by atoms with Gasteiger partial charge in [0.15, 0.2) is 0 Å². The van der Waals surface area contributed by atoms with Crippen molar-refractivity contribution in [3.05, 3.63) is 0 Å². The molecule has 0 aromatic rings. The highest BCUT2D eigenvalue weighted by molar-refractivity contribution is 5.81. The average molecular weight is 311 g/mol. The van der Waals surface area contributed by atoms with Crippen molar-refractivity contribution in [2.24, 2.45) is 0 Å². The first-order chi connectivity index (χ1) is 10.7. The van der Waals surface area contributed by atoms with Crippen LogP contribution in [0.1, 0.15) is 39.5 Å². The lowest BCUT2D eigenvalue weighted by atomic mass is 10.2. The van der Waals surface area contributed by atoms with Gasteiger partial charge in [-0.2, -0.15) is 0 Å². The number of ether oxygens (including phenoxy) is 1. The Morgan fingerprint density at radius 1 is 1.00 bits per heavy atom. The minimum Gasteiger partial charge on any atom is -0.380 e. The number of amides is 1. The predicted octanol–water partition coefficient (Wildman–Crippen LogP) is 1.43. The largest absolute Gasteiger partial charge is 0.380 e. The molecule has 0 bridgehead atoms. The Kier molecular flexibility index (Phi) is 7.63. The molecule has 2 fully saturated rings. The van der Waals surface area contributed by atoms with Crippen LogP contribution in [-0.2, 0) is 9.53 Å². The maximum absolute atomic E-state index is 12.7. The zero-order valence-electron chi connectivity index (χ0n) is 14.4. The van der Waals surface area contributed by atoms with Crippen molar-refractivity contribution in [1.82, 2.24) is 14.7 Å². The summed E-state index contributed by atoms with van der Waals surface area (Å²) in [7, 11) is 0. The van der Waals surface area contributed by atoms with Crippen molar-refractivity contribution in [2.45, 2.75) is 45.6 Å². The number of hydrogen-bond donors (Lipinski definition) is 0. The average Bonchev–Trinajstić information content (AvgIpc) is 2.84. The van der Waals surface area contributed by atoms with Crippen LogP contribution < -0.4 is 0 Å². The van der Waals surface area contributed by atoms with E-state index in [0.29, 0.717) is 5.91 Å². The van der Waals surface area contributed by atoms with Crippen LogP contribution in [-0.4, -0.2) is 85.7 Å². The van der Waals surface area contributed by atoms with E-state index in [4.69, 9.17) is 4.74 Å². The topological polar surface area (TPSA) is 36.0 Å². The number of likely N-dealkylation sites (tertiary alicyclic amines) is 1. The fraction of sp³-hybridized carbons (Fsp3) is 0.941. The first-order valence-electron chi connectivity index (χ1n) is 9.05. The molecule has 2 aliphatic rings. The number of carbonyl (C=O) groups is 1. The van der Waals surface area contributed by atoms with Crippen molar-refractivity contribution in [3.8, 4) is 0 Å². The van der Waals surface area contributed by atoms with Crippen molar-refractivity contribution < 1.29 is 9.53 Å². The lowest BCUT2D eigenvalue weighted by Gasteiger charge is -2.38. The summed E-state index contributed by atoms with van der Waals surface area (Å²) in [5, 5.41) is 0. The van der Waals surface area contributed by atoms with Gasteiger partial charge in [0, 0.05) is 52.4 Å². The van der Waals surface area contributed by atoms with Crippen LogP contribution in [0.3, 0.4) is 0 Å². The lowest BCUT2D eigenvalue weighted by Crippen LogP contribution is -2.55. The van der Waals surface area contributed by atoms with Crippen LogP contribution >= 0.6 is 0 Å². The number of rotatable bonds is 6. The van der Waals surface area contributed by atoms with E-state index in [0.717, 1.165) is 59.0 Å². The van der Waals surface area contributed by atoms with Gasteiger partial charge in [0.05, 0.1) is 12.6 Å². The number of hydrogen-bond acceptors (Lipinski definition) is 4. The van der Waals surface area contributed by atoms with Crippen molar-refractivity contribution >= 4 is 5.91 Å². The lowest BCUT2D eigenvalue weighted by molar-refractivity contribution is -0.137. The second-order valence-corrected chi connectivity index (χ2v) is 6.49. The molecule has 2 rings (SSSR count). The zero-order valence-corrected chi connectivity index (χ0v) is 14.4. The molecule has 2 aliphatic heterocycles. The van der Waals surface area contributed by atoms with Gasteiger partial charge in [-0.1, -0.05) is 12.8 Å². The summed E-state index contributed by atoms with van der Waals surface area (Å²) in [6, 6.07) is 0.0344. The van der Waals surface area contributed by atoms with Gasteiger partial charge in [-0.3, -0.25) is 14.6 Å². The van der Waals surface area contributed by atoms with Crippen LogP contribution in [0.15, 0.2) is 0 Å². The molecule has 0 aromatic heterocycles. The van der Waals surface area contributed by atoms with Crippen LogP contribution in [0.2, 0.25) is 0 Å². The van der Waals surface area contributed by atoms with Crippen LogP contribution in [0, 0.1) is 0 Å². The van der Waals surface area contributed by atoms with Crippen LogP contribution in [0.5, 0.6) is 0 Å². The molecule has 2 saturated heterocycles. The third-order valence-electron chi connectivity index (χ3n) is 4.99. The van der Waals surface area contributed by atoms with Gasteiger partial charge in [-0.25, -0.2) is 0 Å². The first kappa shape index (κ1) is 17.7. The Morgan fingerprint density at radius 2 is 1.64 bits per heavy atom. The maximum Gasteiger partial charge on any atom is 0.239 e. The molecule has 22 heavy (non-hydrogen) atoms. The Morgan fingerprint density at radius 3 is 2.23 bits per heavy atom. The fourth-order valence-electron chi connectivity index (χ4n) is 3.42. The Labute approximate surface area is 135 Å². The zero-order chi connectivity index (χ0) is 15.8. The van der Waals surface area contributed by atoms with Crippen LogP contribution in [0.4, 0.5) is 0 Å². The van der Waals surface area contributed by atoms with E-state index in [2.05, 4.69) is 21.6 Å². The van der Waals surface area contributed by atoms with Gasteiger partial charge in [0.2, 0.25) is 5.91 Å². The summed E-state index contributed by atoms with van der Waals surface area (Å²) in [5.41, 5.74) is 0. The molecule has 1 atom stereocenters. The summed E-state index contributed by atoms with van der Waals surface area (Å²) in [6.07, 6.45) is 4.89. The van der Waals surface area contributed by atoms with E-state index < -0.39 is 0 Å². The molecule has 0 spiro atoms. The smallest absolute Gasteiger partial charge is 0.239 e. The summed E-state index contributed by atoms with van der Waals surface area (Å²) in [5.74, 6) is 0.338. The molecule has 1 amide bonds. The Hall–Kier alpha value is -0.650.